The molecule has 0 bridgehead atoms. The van der Waals surface area contributed by atoms with Crippen LogP contribution < -0.4 is 5.32 Å². The van der Waals surface area contributed by atoms with Crippen LogP contribution in [0.3, 0.4) is 0 Å². The van der Waals surface area contributed by atoms with Gasteiger partial charge in [0.2, 0.25) is 0 Å². The lowest BCUT2D eigenvalue weighted by Crippen LogP contribution is -2.26. The molecule has 0 saturated carbocycles. The predicted molar refractivity (Wildman–Crippen MR) is 101 cm³/mol. The van der Waals surface area contributed by atoms with Crippen LogP contribution in [0, 0.1) is 0 Å². The van der Waals surface area contributed by atoms with E-state index in [1.54, 1.807) is 0 Å². The molecule has 0 amide bonds. The van der Waals surface area contributed by atoms with Gasteiger partial charge in [0.1, 0.15) is 0 Å². The number of unbranched alkanes of at least 4 members (excludes halogenated alkanes) is 9. The molecule has 23 heavy (non-hydrogen) atoms. The Labute approximate surface area is 143 Å². The molecule has 0 aliphatic carbocycles. The molecule has 0 unspecified atom stereocenters. The SMILES string of the molecule is CCCCCCCCCCCC[C@H](O)CNCc1ccccc1. The molecule has 0 fully saturated rings. The highest BCUT2D eigenvalue weighted by Crippen LogP contribution is 2.12. The second-order valence-corrected chi connectivity index (χ2v) is 6.74. The second-order valence-electron chi connectivity index (χ2n) is 6.74. The number of benzene rings is 1. The zero-order valence-electron chi connectivity index (χ0n) is 15.1. The van der Waals surface area contributed by atoms with E-state index in [1.807, 2.05) is 6.07 Å². The van der Waals surface area contributed by atoms with Crippen molar-refractivity contribution in [1.29, 1.82) is 0 Å². The molecule has 0 aliphatic rings. The van der Waals surface area contributed by atoms with Gasteiger partial charge in [-0.15, -0.1) is 0 Å². The van der Waals surface area contributed by atoms with E-state index in [9.17, 15) is 5.11 Å². The third-order valence-corrected chi connectivity index (χ3v) is 4.44. The minimum Gasteiger partial charge on any atom is -0.392 e. The molecule has 1 aromatic carbocycles. The highest BCUT2D eigenvalue weighted by atomic mass is 16.3. The van der Waals surface area contributed by atoms with Crippen molar-refractivity contribution in [1.82, 2.24) is 5.32 Å². The van der Waals surface area contributed by atoms with Gasteiger partial charge in [0.05, 0.1) is 6.10 Å². The fourth-order valence-corrected chi connectivity index (χ4v) is 2.95. The lowest BCUT2D eigenvalue weighted by molar-refractivity contribution is 0.157. The van der Waals surface area contributed by atoms with Crippen LogP contribution in [0.2, 0.25) is 0 Å². The van der Waals surface area contributed by atoms with Gasteiger partial charge >= 0.3 is 0 Å². The van der Waals surface area contributed by atoms with Crippen molar-refractivity contribution in [3.63, 3.8) is 0 Å². The van der Waals surface area contributed by atoms with Gasteiger partial charge in [-0.2, -0.15) is 0 Å². The third-order valence-electron chi connectivity index (χ3n) is 4.44. The Morgan fingerprint density at radius 2 is 1.39 bits per heavy atom. The van der Waals surface area contributed by atoms with Crippen LogP contribution in [0.25, 0.3) is 0 Å². The highest BCUT2D eigenvalue weighted by molar-refractivity contribution is 5.14. The van der Waals surface area contributed by atoms with Crippen LogP contribution in [0.4, 0.5) is 0 Å². The molecular weight excluding hydrogens is 282 g/mol. The Bertz CT molecular complexity index is 352. The van der Waals surface area contributed by atoms with Gasteiger partial charge < -0.3 is 10.4 Å². The average molecular weight is 320 g/mol. The Morgan fingerprint density at radius 1 is 0.826 bits per heavy atom. The number of aliphatic hydroxyl groups excluding tert-OH is 1. The van der Waals surface area contributed by atoms with E-state index in [0.29, 0.717) is 6.54 Å². The van der Waals surface area contributed by atoms with Crippen molar-refractivity contribution in [3.8, 4) is 0 Å². The maximum atomic E-state index is 9.99. The summed E-state index contributed by atoms with van der Waals surface area (Å²) in [6, 6.07) is 10.4. The molecule has 0 aromatic heterocycles. The van der Waals surface area contributed by atoms with E-state index in [-0.39, 0.29) is 6.10 Å². The predicted octanol–water partition coefficient (Wildman–Crippen LogP) is 5.45. The number of rotatable bonds is 15. The van der Waals surface area contributed by atoms with Crippen molar-refractivity contribution in [2.24, 2.45) is 0 Å². The fourth-order valence-electron chi connectivity index (χ4n) is 2.95. The maximum Gasteiger partial charge on any atom is 0.0664 e. The van der Waals surface area contributed by atoms with Crippen molar-refractivity contribution >= 4 is 0 Å². The summed E-state index contributed by atoms with van der Waals surface area (Å²) in [4.78, 5) is 0. The first-order chi connectivity index (χ1) is 11.3. The van der Waals surface area contributed by atoms with Crippen LogP contribution in [0.5, 0.6) is 0 Å². The molecular formula is C21H37NO. The Morgan fingerprint density at radius 3 is 2.00 bits per heavy atom. The first-order valence-corrected chi connectivity index (χ1v) is 9.75. The van der Waals surface area contributed by atoms with E-state index >= 15 is 0 Å². The zero-order chi connectivity index (χ0) is 16.6. The first-order valence-electron chi connectivity index (χ1n) is 9.75. The monoisotopic (exact) mass is 319 g/mol. The van der Waals surface area contributed by atoms with E-state index in [2.05, 4.69) is 36.5 Å². The number of hydrogen-bond donors (Lipinski definition) is 2. The summed E-state index contributed by atoms with van der Waals surface area (Å²) in [5.74, 6) is 0. The summed E-state index contributed by atoms with van der Waals surface area (Å²) < 4.78 is 0. The van der Waals surface area contributed by atoms with Crippen molar-refractivity contribution < 1.29 is 5.11 Å². The van der Waals surface area contributed by atoms with Gasteiger partial charge in [0.25, 0.3) is 0 Å². The molecule has 1 aromatic rings. The first kappa shape index (κ1) is 20.2. The maximum absolute atomic E-state index is 9.99. The van der Waals surface area contributed by atoms with Gasteiger partial charge in [-0.1, -0.05) is 101 Å². The van der Waals surface area contributed by atoms with Gasteiger partial charge in [-0.05, 0) is 12.0 Å². The zero-order valence-corrected chi connectivity index (χ0v) is 15.1. The average Bonchev–Trinajstić information content (AvgIpc) is 2.57. The number of hydrogen-bond acceptors (Lipinski definition) is 2. The molecule has 132 valence electrons. The van der Waals surface area contributed by atoms with Crippen LogP contribution >= 0.6 is 0 Å². The minimum atomic E-state index is -0.201. The van der Waals surface area contributed by atoms with Crippen LogP contribution in [0.15, 0.2) is 30.3 Å². The highest BCUT2D eigenvalue weighted by Gasteiger charge is 2.03. The molecule has 0 radical (unpaired) electrons. The van der Waals surface area contributed by atoms with Crippen LogP contribution in [-0.2, 0) is 6.54 Å². The largest absolute Gasteiger partial charge is 0.392 e. The summed E-state index contributed by atoms with van der Waals surface area (Å²) in [7, 11) is 0. The van der Waals surface area contributed by atoms with Crippen molar-refractivity contribution in [2.75, 3.05) is 6.54 Å². The lowest BCUT2D eigenvalue weighted by Gasteiger charge is -2.11. The summed E-state index contributed by atoms with van der Waals surface area (Å²) in [6.07, 6.45) is 14.2. The molecule has 1 rings (SSSR count). The van der Waals surface area contributed by atoms with E-state index in [1.165, 1.54) is 63.4 Å². The Kier molecular flexibility index (Phi) is 12.9. The van der Waals surface area contributed by atoms with Gasteiger partial charge in [-0.3, -0.25) is 0 Å². The minimum absolute atomic E-state index is 0.201. The molecule has 0 heterocycles. The standard InChI is InChI=1S/C21H37NO/c1-2-3-4-5-6-7-8-9-10-14-17-21(23)19-22-18-20-15-12-11-13-16-20/h11-13,15-16,21-23H,2-10,14,17-19H2,1H3/t21-/m0/s1. The van der Waals surface area contributed by atoms with Gasteiger partial charge in [0.15, 0.2) is 0 Å². The summed E-state index contributed by atoms with van der Waals surface area (Å²) in [5.41, 5.74) is 1.28. The molecule has 1 atom stereocenters. The van der Waals surface area contributed by atoms with Crippen molar-refractivity contribution in [3.05, 3.63) is 35.9 Å². The summed E-state index contributed by atoms with van der Waals surface area (Å²) >= 11 is 0. The summed E-state index contributed by atoms with van der Waals surface area (Å²) in [6.45, 7) is 3.81. The number of aliphatic hydroxyl groups is 1. The third kappa shape index (κ3) is 12.3. The van der Waals surface area contributed by atoms with Gasteiger partial charge in [-0.25, -0.2) is 0 Å². The van der Waals surface area contributed by atoms with E-state index < -0.39 is 0 Å². The molecule has 0 aliphatic heterocycles. The topological polar surface area (TPSA) is 32.3 Å². The lowest BCUT2D eigenvalue weighted by atomic mass is 10.0. The quantitative estimate of drug-likeness (QED) is 0.421. The van der Waals surface area contributed by atoms with E-state index in [4.69, 9.17) is 0 Å². The van der Waals surface area contributed by atoms with E-state index in [0.717, 1.165) is 19.4 Å². The fraction of sp³-hybridized carbons (Fsp3) is 0.714. The molecule has 2 N–H and O–H groups in total. The van der Waals surface area contributed by atoms with Crippen LogP contribution in [-0.4, -0.2) is 17.8 Å². The Hall–Kier alpha value is -0.860. The second kappa shape index (κ2) is 14.7. The van der Waals surface area contributed by atoms with Crippen LogP contribution in [0.1, 0.15) is 83.1 Å². The van der Waals surface area contributed by atoms with Gasteiger partial charge in [0, 0.05) is 13.1 Å². The molecule has 0 spiro atoms. The normalized spacial score (nSPS) is 12.4. The Balaban J connectivity index is 1.84. The smallest absolute Gasteiger partial charge is 0.0664 e. The van der Waals surface area contributed by atoms with Crippen molar-refractivity contribution in [2.45, 2.75) is 90.2 Å². The molecule has 2 heteroatoms. The molecule has 0 saturated heterocycles. The summed E-state index contributed by atoms with van der Waals surface area (Å²) in [5, 5.41) is 13.3. The molecule has 2 nitrogen and oxygen atoms in total. The number of nitrogens with one attached hydrogen (secondary N) is 1.